The summed E-state index contributed by atoms with van der Waals surface area (Å²) in [4.78, 5) is 4.01. The van der Waals surface area contributed by atoms with Crippen molar-refractivity contribution in [3.63, 3.8) is 0 Å². The monoisotopic (exact) mass is 121 g/mol. The molecule has 0 fully saturated rings. The lowest BCUT2D eigenvalue weighted by atomic mass is 10.5. The van der Waals surface area contributed by atoms with E-state index in [-0.39, 0.29) is 0 Å². The van der Waals surface area contributed by atoms with Gasteiger partial charge in [0.15, 0.2) is 5.82 Å². The SMILES string of the molecule is C1=CN2[N]NC=C2N=C1. The summed E-state index contributed by atoms with van der Waals surface area (Å²) in [6.45, 7) is 0. The summed E-state index contributed by atoms with van der Waals surface area (Å²) in [5.41, 5.74) is 6.54. The summed E-state index contributed by atoms with van der Waals surface area (Å²) < 4.78 is 0. The average molecular weight is 121 g/mol. The average Bonchev–Trinajstić information content (AvgIpc) is 2.33. The van der Waals surface area contributed by atoms with E-state index in [1.165, 1.54) is 0 Å². The normalized spacial score (nSPS) is 21.3. The molecule has 9 heavy (non-hydrogen) atoms. The Morgan fingerprint density at radius 1 is 1.56 bits per heavy atom. The smallest absolute Gasteiger partial charge is 0.167 e. The standard InChI is InChI=1S/C5H5N4/c1-2-6-5-4-7-8-9(5)3-1/h1-4,7H. The van der Waals surface area contributed by atoms with Crippen LogP contribution in [-0.2, 0) is 0 Å². The zero-order valence-corrected chi connectivity index (χ0v) is 4.65. The third-order valence-corrected chi connectivity index (χ3v) is 1.11. The molecular weight excluding hydrogens is 116 g/mol. The van der Waals surface area contributed by atoms with E-state index in [1.807, 2.05) is 12.3 Å². The van der Waals surface area contributed by atoms with E-state index in [4.69, 9.17) is 0 Å². The Morgan fingerprint density at radius 3 is 3.44 bits per heavy atom. The summed E-state index contributed by atoms with van der Waals surface area (Å²) in [6.07, 6.45) is 7.12. The van der Waals surface area contributed by atoms with Gasteiger partial charge >= 0.3 is 0 Å². The van der Waals surface area contributed by atoms with E-state index >= 15 is 0 Å². The van der Waals surface area contributed by atoms with Crippen molar-refractivity contribution in [3.05, 3.63) is 24.3 Å². The van der Waals surface area contributed by atoms with E-state index in [0.29, 0.717) is 0 Å². The lowest BCUT2D eigenvalue weighted by Gasteiger charge is -2.11. The number of nitrogens with zero attached hydrogens (tertiary/aromatic N) is 3. The fourth-order valence-electron chi connectivity index (χ4n) is 0.712. The fraction of sp³-hybridized carbons (Fsp3) is 0. The van der Waals surface area contributed by atoms with Crippen molar-refractivity contribution in [1.82, 2.24) is 16.0 Å². The first kappa shape index (κ1) is 4.58. The van der Waals surface area contributed by atoms with Gasteiger partial charge in [0.25, 0.3) is 0 Å². The second-order valence-electron chi connectivity index (χ2n) is 1.70. The van der Waals surface area contributed by atoms with Gasteiger partial charge in [0, 0.05) is 12.4 Å². The quantitative estimate of drug-likeness (QED) is 0.479. The molecule has 2 aliphatic rings. The van der Waals surface area contributed by atoms with Crippen LogP contribution in [0.15, 0.2) is 29.3 Å². The van der Waals surface area contributed by atoms with Crippen LogP contribution in [0.1, 0.15) is 0 Å². The van der Waals surface area contributed by atoms with Crippen LogP contribution in [0, 0.1) is 0 Å². The Bertz CT molecular complexity index is 200. The summed E-state index contributed by atoms with van der Waals surface area (Å²) in [7, 11) is 0. The summed E-state index contributed by atoms with van der Waals surface area (Å²) in [5.74, 6) is 0.831. The summed E-state index contributed by atoms with van der Waals surface area (Å²) >= 11 is 0. The largest absolute Gasteiger partial charge is 0.287 e. The van der Waals surface area contributed by atoms with Gasteiger partial charge in [0.1, 0.15) is 0 Å². The Hall–Kier alpha value is -1.29. The van der Waals surface area contributed by atoms with Gasteiger partial charge < -0.3 is 0 Å². The van der Waals surface area contributed by atoms with Crippen LogP contribution in [0.25, 0.3) is 0 Å². The molecular formula is C5H5N4. The number of fused-ring (bicyclic) bond motifs is 1. The van der Waals surface area contributed by atoms with Gasteiger partial charge in [-0.2, -0.15) is 0 Å². The molecule has 4 nitrogen and oxygen atoms in total. The van der Waals surface area contributed by atoms with Gasteiger partial charge in [-0.3, -0.25) is 5.43 Å². The zero-order valence-electron chi connectivity index (χ0n) is 4.65. The van der Waals surface area contributed by atoms with Crippen molar-refractivity contribution >= 4 is 6.21 Å². The van der Waals surface area contributed by atoms with Crippen LogP contribution >= 0.6 is 0 Å². The molecule has 0 atom stereocenters. The molecule has 0 spiro atoms. The van der Waals surface area contributed by atoms with Crippen LogP contribution < -0.4 is 11.0 Å². The van der Waals surface area contributed by atoms with Crippen molar-refractivity contribution in [2.24, 2.45) is 4.99 Å². The molecule has 0 aliphatic carbocycles. The maximum atomic E-state index is 4.01. The molecule has 45 valence electrons. The molecule has 0 aromatic heterocycles. The second-order valence-corrected chi connectivity index (χ2v) is 1.70. The second kappa shape index (κ2) is 1.60. The lowest BCUT2D eigenvalue weighted by Crippen LogP contribution is -2.25. The summed E-state index contributed by atoms with van der Waals surface area (Å²) in [6, 6.07) is 0. The number of aliphatic imine (C=N–C) groups is 1. The zero-order chi connectivity index (χ0) is 6.10. The highest BCUT2D eigenvalue weighted by molar-refractivity contribution is 5.73. The summed E-state index contributed by atoms with van der Waals surface area (Å²) in [5, 5.41) is 1.67. The van der Waals surface area contributed by atoms with E-state index in [9.17, 15) is 0 Å². The van der Waals surface area contributed by atoms with Crippen molar-refractivity contribution in [3.8, 4) is 0 Å². The van der Waals surface area contributed by atoms with E-state index in [2.05, 4.69) is 16.0 Å². The van der Waals surface area contributed by atoms with Crippen LogP contribution in [0.4, 0.5) is 0 Å². The predicted octanol–water partition coefficient (Wildman–Crippen LogP) is -0.277. The Kier molecular flexibility index (Phi) is 0.811. The number of hydrogen-bond donors (Lipinski definition) is 1. The number of hydrogen-bond acceptors (Lipinski definition) is 3. The maximum Gasteiger partial charge on any atom is 0.167 e. The van der Waals surface area contributed by atoms with Crippen molar-refractivity contribution < 1.29 is 0 Å². The van der Waals surface area contributed by atoms with Gasteiger partial charge in [-0.15, -0.1) is 0 Å². The Morgan fingerprint density at radius 2 is 2.56 bits per heavy atom. The Labute approximate surface area is 52.5 Å². The molecule has 0 amide bonds. The minimum absolute atomic E-state index is 0.831. The van der Waals surface area contributed by atoms with Crippen molar-refractivity contribution in [2.75, 3.05) is 0 Å². The van der Waals surface area contributed by atoms with Gasteiger partial charge in [-0.05, 0) is 11.6 Å². The molecule has 0 saturated carbocycles. The lowest BCUT2D eigenvalue weighted by molar-refractivity contribution is 0.328. The Balaban J connectivity index is 2.33. The number of rotatable bonds is 0. The minimum Gasteiger partial charge on any atom is -0.287 e. The van der Waals surface area contributed by atoms with Crippen LogP contribution in [0.3, 0.4) is 0 Å². The van der Waals surface area contributed by atoms with Crippen LogP contribution in [0.5, 0.6) is 0 Å². The molecule has 0 unspecified atom stereocenters. The highest BCUT2D eigenvalue weighted by Gasteiger charge is 2.12. The topological polar surface area (TPSA) is 41.7 Å². The first-order valence-electron chi connectivity index (χ1n) is 2.63. The first-order chi connectivity index (χ1) is 4.47. The molecule has 2 heterocycles. The van der Waals surface area contributed by atoms with Gasteiger partial charge in [0.2, 0.25) is 0 Å². The van der Waals surface area contributed by atoms with Gasteiger partial charge in [0.05, 0.1) is 6.20 Å². The molecule has 1 N–H and O–H groups in total. The third-order valence-electron chi connectivity index (χ3n) is 1.11. The van der Waals surface area contributed by atoms with Gasteiger partial charge in [-0.25, -0.2) is 10.0 Å². The van der Waals surface area contributed by atoms with E-state index < -0.39 is 0 Å². The molecule has 2 aliphatic heterocycles. The van der Waals surface area contributed by atoms with Crippen molar-refractivity contribution in [2.45, 2.75) is 0 Å². The van der Waals surface area contributed by atoms with Crippen LogP contribution in [0.2, 0.25) is 0 Å². The third kappa shape index (κ3) is 0.603. The van der Waals surface area contributed by atoms with Crippen molar-refractivity contribution in [1.29, 1.82) is 0 Å². The molecule has 0 bridgehead atoms. The fourth-order valence-corrected chi connectivity index (χ4v) is 0.712. The molecule has 2 rings (SSSR count). The molecule has 0 aromatic rings. The molecule has 1 radical (unpaired) electrons. The minimum atomic E-state index is 0.831. The van der Waals surface area contributed by atoms with Crippen LogP contribution in [-0.4, -0.2) is 11.2 Å². The predicted molar refractivity (Wildman–Crippen MR) is 32.8 cm³/mol. The molecule has 0 aromatic carbocycles. The highest BCUT2D eigenvalue weighted by atomic mass is 15.7. The van der Waals surface area contributed by atoms with Gasteiger partial charge in [-0.1, -0.05) is 0 Å². The van der Waals surface area contributed by atoms with E-state index in [0.717, 1.165) is 5.82 Å². The number of nitrogens with one attached hydrogen (secondary N) is 1. The number of allylic oxidation sites excluding steroid dienone is 1. The van der Waals surface area contributed by atoms with E-state index in [1.54, 1.807) is 17.4 Å². The maximum absolute atomic E-state index is 4.01. The first-order valence-corrected chi connectivity index (χ1v) is 2.63. The molecule has 0 saturated heterocycles. The molecule has 4 heteroatoms. The highest BCUT2D eigenvalue weighted by Crippen LogP contribution is 2.09.